The molecule has 98 valence electrons. The van der Waals surface area contributed by atoms with Crippen LogP contribution in [0.2, 0.25) is 0 Å². The van der Waals surface area contributed by atoms with Crippen LogP contribution in [0.4, 0.5) is 19.3 Å². The maximum atomic E-state index is 13.3. The van der Waals surface area contributed by atoms with Gasteiger partial charge in [0, 0.05) is 31.7 Å². The summed E-state index contributed by atoms with van der Waals surface area (Å²) in [5, 5.41) is 11.4. The maximum absolute atomic E-state index is 13.3. The summed E-state index contributed by atoms with van der Waals surface area (Å²) < 4.78 is 26.0. The molecule has 6 heteroatoms. The standard InChI is InChI=1S/C12H14F2N2O2/c13-9-1-2-11(10(14)5-9)15-12(18)16-4-3-8(6-16)7-17/h1-2,5,8,17H,3-4,6-7H2,(H,15,18). The van der Waals surface area contributed by atoms with Crippen molar-refractivity contribution in [3.63, 3.8) is 0 Å². The highest BCUT2D eigenvalue weighted by atomic mass is 19.1. The lowest BCUT2D eigenvalue weighted by Crippen LogP contribution is -2.33. The second-order valence-corrected chi connectivity index (χ2v) is 4.34. The van der Waals surface area contributed by atoms with Crippen LogP contribution in [0.1, 0.15) is 6.42 Å². The van der Waals surface area contributed by atoms with Gasteiger partial charge in [-0.05, 0) is 18.6 Å². The SMILES string of the molecule is O=C(Nc1ccc(F)cc1F)N1CCC(CO)C1. The first-order chi connectivity index (χ1) is 8.60. The monoisotopic (exact) mass is 256 g/mol. The number of hydrogen-bond acceptors (Lipinski definition) is 2. The topological polar surface area (TPSA) is 52.6 Å². The molecule has 1 saturated heterocycles. The molecule has 1 aliphatic rings. The molecule has 1 fully saturated rings. The van der Waals surface area contributed by atoms with E-state index in [0.29, 0.717) is 13.1 Å². The van der Waals surface area contributed by atoms with Crippen LogP contribution in [0.15, 0.2) is 18.2 Å². The molecule has 1 aromatic rings. The van der Waals surface area contributed by atoms with Crippen LogP contribution in [-0.4, -0.2) is 35.7 Å². The van der Waals surface area contributed by atoms with Gasteiger partial charge in [-0.2, -0.15) is 0 Å². The summed E-state index contributed by atoms with van der Waals surface area (Å²) in [5.41, 5.74) is -0.0474. The molecule has 0 radical (unpaired) electrons. The van der Waals surface area contributed by atoms with E-state index < -0.39 is 17.7 Å². The van der Waals surface area contributed by atoms with E-state index in [9.17, 15) is 13.6 Å². The molecule has 0 bridgehead atoms. The van der Waals surface area contributed by atoms with Gasteiger partial charge >= 0.3 is 6.03 Å². The normalized spacial score (nSPS) is 19.1. The van der Waals surface area contributed by atoms with Crippen molar-refractivity contribution in [3.05, 3.63) is 29.8 Å². The predicted octanol–water partition coefficient (Wildman–Crippen LogP) is 1.81. The number of likely N-dealkylation sites (tertiary alicyclic amines) is 1. The number of rotatable bonds is 2. The molecule has 0 aliphatic carbocycles. The molecular formula is C12H14F2N2O2. The molecule has 1 unspecified atom stereocenters. The molecule has 0 spiro atoms. The second kappa shape index (κ2) is 5.30. The van der Waals surface area contributed by atoms with Crippen LogP contribution < -0.4 is 5.32 Å². The Kier molecular flexibility index (Phi) is 3.76. The number of aliphatic hydroxyl groups is 1. The molecule has 0 saturated carbocycles. The van der Waals surface area contributed by atoms with Crippen molar-refractivity contribution in [2.75, 3.05) is 25.0 Å². The fraction of sp³-hybridized carbons (Fsp3) is 0.417. The van der Waals surface area contributed by atoms with Crippen molar-refractivity contribution in [2.45, 2.75) is 6.42 Å². The number of anilines is 1. The van der Waals surface area contributed by atoms with Crippen LogP contribution >= 0.6 is 0 Å². The lowest BCUT2D eigenvalue weighted by atomic mass is 10.1. The minimum Gasteiger partial charge on any atom is -0.396 e. The molecule has 1 aliphatic heterocycles. The van der Waals surface area contributed by atoms with Gasteiger partial charge in [0.15, 0.2) is 0 Å². The Bertz CT molecular complexity index is 454. The van der Waals surface area contributed by atoms with Gasteiger partial charge in [0.2, 0.25) is 0 Å². The number of carbonyl (C=O) groups is 1. The van der Waals surface area contributed by atoms with Crippen LogP contribution in [0, 0.1) is 17.6 Å². The third-order valence-corrected chi connectivity index (χ3v) is 3.00. The summed E-state index contributed by atoms with van der Waals surface area (Å²) in [6, 6.07) is 2.55. The minimum absolute atomic E-state index is 0.0364. The van der Waals surface area contributed by atoms with E-state index in [1.807, 2.05) is 0 Å². The summed E-state index contributed by atoms with van der Waals surface area (Å²) in [4.78, 5) is 13.3. The van der Waals surface area contributed by atoms with Crippen molar-refractivity contribution >= 4 is 11.7 Å². The zero-order valence-corrected chi connectivity index (χ0v) is 9.70. The number of benzene rings is 1. The van der Waals surface area contributed by atoms with Crippen LogP contribution in [0.5, 0.6) is 0 Å². The van der Waals surface area contributed by atoms with E-state index in [2.05, 4.69) is 5.32 Å². The van der Waals surface area contributed by atoms with Gasteiger partial charge in [-0.3, -0.25) is 0 Å². The molecule has 1 heterocycles. The number of nitrogens with one attached hydrogen (secondary N) is 1. The van der Waals surface area contributed by atoms with Crippen LogP contribution in [-0.2, 0) is 0 Å². The number of aliphatic hydroxyl groups excluding tert-OH is 1. The van der Waals surface area contributed by atoms with E-state index >= 15 is 0 Å². The van der Waals surface area contributed by atoms with Gasteiger partial charge in [-0.25, -0.2) is 13.6 Å². The summed E-state index contributed by atoms with van der Waals surface area (Å²) in [5.74, 6) is -1.41. The number of urea groups is 1. The van der Waals surface area contributed by atoms with E-state index in [-0.39, 0.29) is 18.2 Å². The Morgan fingerprint density at radius 2 is 2.28 bits per heavy atom. The van der Waals surface area contributed by atoms with Crippen molar-refractivity contribution in [1.29, 1.82) is 0 Å². The van der Waals surface area contributed by atoms with E-state index in [0.717, 1.165) is 18.6 Å². The second-order valence-electron chi connectivity index (χ2n) is 4.34. The average molecular weight is 256 g/mol. The van der Waals surface area contributed by atoms with Crippen LogP contribution in [0.25, 0.3) is 0 Å². The number of hydrogen-bond donors (Lipinski definition) is 2. The number of halogens is 2. The van der Waals surface area contributed by atoms with Gasteiger partial charge in [-0.1, -0.05) is 0 Å². The Hall–Kier alpha value is -1.69. The van der Waals surface area contributed by atoms with Crippen molar-refractivity contribution < 1.29 is 18.7 Å². The zero-order valence-electron chi connectivity index (χ0n) is 9.70. The van der Waals surface area contributed by atoms with Gasteiger partial charge in [0.05, 0.1) is 5.69 Å². The van der Waals surface area contributed by atoms with E-state index in [4.69, 9.17) is 5.11 Å². The van der Waals surface area contributed by atoms with Gasteiger partial charge < -0.3 is 15.3 Å². The average Bonchev–Trinajstić information content (AvgIpc) is 2.81. The molecule has 2 amide bonds. The quantitative estimate of drug-likeness (QED) is 0.848. The molecule has 0 aromatic heterocycles. The third kappa shape index (κ3) is 2.76. The Balaban J connectivity index is 1.99. The molecule has 4 nitrogen and oxygen atoms in total. The third-order valence-electron chi connectivity index (χ3n) is 3.00. The first-order valence-electron chi connectivity index (χ1n) is 5.72. The molecule has 1 atom stereocenters. The largest absolute Gasteiger partial charge is 0.396 e. The lowest BCUT2D eigenvalue weighted by Gasteiger charge is -2.17. The minimum atomic E-state index is -0.804. The number of amides is 2. The van der Waals surface area contributed by atoms with E-state index in [1.165, 1.54) is 11.0 Å². The van der Waals surface area contributed by atoms with Crippen molar-refractivity contribution in [1.82, 2.24) is 4.90 Å². The predicted molar refractivity (Wildman–Crippen MR) is 62.1 cm³/mol. The number of nitrogens with zero attached hydrogens (tertiary/aromatic N) is 1. The first-order valence-corrected chi connectivity index (χ1v) is 5.72. The highest BCUT2D eigenvalue weighted by Gasteiger charge is 2.26. The maximum Gasteiger partial charge on any atom is 0.321 e. The molecule has 2 rings (SSSR count). The molecule has 2 N–H and O–H groups in total. The van der Waals surface area contributed by atoms with Gasteiger partial charge in [0.1, 0.15) is 11.6 Å². The van der Waals surface area contributed by atoms with Crippen molar-refractivity contribution in [3.8, 4) is 0 Å². The Morgan fingerprint density at radius 3 is 2.89 bits per heavy atom. The van der Waals surface area contributed by atoms with Gasteiger partial charge in [0.25, 0.3) is 0 Å². The molecule has 1 aromatic carbocycles. The fourth-order valence-electron chi connectivity index (χ4n) is 1.95. The Morgan fingerprint density at radius 1 is 1.50 bits per heavy atom. The highest BCUT2D eigenvalue weighted by molar-refractivity contribution is 5.89. The van der Waals surface area contributed by atoms with Crippen molar-refractivity contribution in [2.24, 2.45) is 5.92 Å². The number of carbonyl (C=O) groups excluding carboxylic acids is 1. The molecular weight excluding hydrogens is 242 g/mol. The zero-order chi connectivity index (χ0) is 13.1. The van der Waals surface area contributed by atoms with E-state index in [1.54, 1.807) is 0 Å². The first kappa shape index (κ1) is 12.8. The van der Waals surface area contributed by atoms with Crippen LogP contribution in [0.3, 0.4) is 0 Å². The van der Waals surface area contributed by atoms with Gasteiger partial charge in [-0.15, -0.1) is 0 Å². The Labute approximate surface area is 103 Å². The smallest absolute Gasteiger partial charge is 0.321 e. The summed E-state index contributed by atoms with van der Waals surface area (Å²) >= 11 is 0. The summed E-state index contributed by atoms with van der Waals surface area (Å²) in [6.07, 6.45) is 0.732. The highest BCUT2D eigenvalue weighted by Crippen LogP contribution is 2.19. The summed E-state index contributed by atoms with van der Waals surface area (Å²) in [7, 11) is 0. The lowest BCUT2D eigenvalue weighted by molar-refractivity contribution is 0.208. The fourth-order valence-corrected chi connectivity index (χ4v) is 1.95. The molecule has 18 heavy (non-hydrogen) atoms. The summed E-state index contributed by atoms with van der Waals surface area (Å²) in [6.45, 7) is 1.01.